The summed E-state index contributed by atoms with van der Waals surface area (Å²) in [5.41, 5.74) is 1.06. The Kier molecular flexibility index (Phi) is 3.48. The van der Waals surface area contributed by atoms with Crippen LogP contribution in [-0.4, -0.2) is 22.1 Å². The first-order valence-corrected chi connectivity index (χ1v) is 6.12. The summed E-state index contributed by atoms with van der Waals surface area (Å²) in [6.07, 6.45) is 0.0219. The Morgan fingerprint density at radius 3 is 2.59 bits per heavy atom. The smallest absolute Gasteiger partial charge is 0.228 e. The highest BCUT2D eigenvalue weighted by Gasteiger charge is 2.36. The lowest BCUT2D eigenvalue weighted by atomic mass is 9.86. The van der Waals surface area contributed by atoms with Gasteiger partial charge in [-0.25, -0.2) is 0 Å². The van der Waals surface area contributed by atoms with Gasteiger partial charge >= 0.3 is 0 Å². The van der Waals surface area contributed by atoms with E-state index in [1.165, 1.54) is 0 Å². The first kappa shape index (κ1) is 12.1. The summed E-state index contributed by atoms with van der Waals surface area (Å²) in [7, 11) is 0. The monoisotopic (exact) mass is 233 g/mol. The molecular formula is C14H19NO2. The van der Waals surface area contributed by atoms with Crippen molar-refractivity contribution >= 4 is 5.91 Å². The van der Waals surface area contributed by atoms with Crippen LogP contribution in [0.15, 0.2) is 30.3 Å². The van der Waals surface area contributed by atoms with E-state index >= 15 is 0 Å². The fraction of sp³-hybridized carbons (Fsp3) is 0.500. The molecule has 3 nitrogen and oxygen atoms in total. The third-order valence-electron chi connectivity index (χ3n) is 3.66. The lowest BCUT2D eigenvalue weighted by Gasteiger charge is -2.38. The molecular weight excluding hydrogens is 214 g/mol. The average molecular weight is 233 g/mol. The zero-order valence-electron chi connectivity index (χ0n) is 10.3. The molecule has 1 fully saturated rings. The second-order valence-corrected chi connectivity index (χ2v) is 4.93. The molecule has 1 amide bonds. The van der Waals surface area contributed by atoms with Crippen molar-refractivity contribution in [1.29, 1.82) is 0 Å². The lowest BCUT2D eigenvalue weighted by Crippen LogP contribution is -2.49. The van der Waals surface area contributed by atoms with Gasteiger partial charge in [0.25, 0.3) is 0 Å². The highest BCUT2D eigenvalue weighted by molar-refractivity contribution is 5.79. The molecule has 1 heterocycles. The number of benzene rings is 1. The van der Waals surface area contributed by atoms with Gasteiger partial charge in [0.05, 0.1) is 0 Å². The third kappa shape index (κ3) is 2.50. The number of nitrogens with zero attached hydrogens (tertiary/aromatic N) is 1. The van der Waals surface area contributed by atoms with Crippen LogP contribution in [0.5, 0.6) is 0 Å². The molecule has 1 aliphatic rings. The number of piperidine rings is 1. The summed E-state index contributed by atoms with van der Waals surface area (Å²) >= 11 is 0. The number of likely N-dealkylation sites (tertiary alicyclic amines) is 1. The third-order valence-corrected chi connectivity index (χ3v) is 3.66. The maximum Gasteiger partial charge on any atom is 0.228 e. The highest BCUT2D eigenvalue weighted by Crippen LogP contribution is 2.28. The van der Waals surface area contributed by atoms with Crippen molar-refractivity contribution in [3.63, 3.8) is 0 Å². The maximum atomic E-state index is 12.1. The second kappa shape index (κ2) is 4.88. The molecule has 1 unspecified atom stereocenters. The number of amides is 1. The van der Waals surface area contributed by atoms with Gasteiger partial charge < -0.3 is 10.0 Å². The van der Waals surface area contributed by atoms with Gasteiger partial charge in [0.2, 0.25) is 5.91 Å². The minimum Gasteiger partial charge on any atom is -0.374 e. The van der Waals surface area contributed by atoms with E-state index in [4.69, 9.17) is 0 Å². The number of carbonyl (C=O) groups excluding carboxylic acids is 1. The Morgan fingerprint density at radius 2 is 1.94 bits per heavy atom. The summed E-state index contributed by atoms with van der Waals surface area (Å²) in [6, 6.07) is 9.79. The fourth-order valence-electron chi connectivity index (χ4n) is 2.28. The number of aliphatic hydroxyl groups is 1. The molecule has 1 saturated heterocycles. The normalized spacial score (nSPS) is 29.5. The zero-order chi connectivity index (χ0) is 12.4. The average Bonchev–Trinajstić information content (AvgIpc) is 2.33. The van der Waals surface area contributed by atoms with Crippen molar-refractivity contribution in [2.45, 2.75) is 33.0 Å². The van der Waals surface area contributed by atoms with Crippen LogP contribution in [0, 0.1) is 11.8 Å². The van der Waals surface area contributed by atoms with Crippen molar-refractivity contribution in [3.8, 4) is 0 Å². The van der Waals surface area contributed by atoms with E-state index in [0.717, 1.165) is 5.56 Å². The molecule has 0 aliphatic carbocycles. The minimum atomic E-state index is -0.645. The van der Waals surface area contributed by atoms with Gasteiger partial charge in [-0.05, 0) is 17.9 Å². The van der Waals surface area contributed by atoms with Gasteiger partial charge in [-0.1, -0.05) is 44.2 Å². The Morgan fingerprint density at radius 1 is 1.29 bits per heavy atom. The highest BCUT2D eigenvalue weighted by atomic mass is 16.3. The molecule has 17 heavy (non-hydrogen) atoms. The summed E-state index contributed by atoms with van der Waals surface area (Å²) in [5.74, 6) is 0.312. The van der Waals surface area contributed by atoms with Crippen molar-refractivity contribution < 1.29 is 9.90 Å². The standard InChI is InChI=1S/C14H19NO2/c1-10-8-13(16)15(14(17)11(10)2)9-12-6-4-3-5-7-12/h3-7,10-11,13,16H,8-9H2,1-2H3/t10-,11+,13?/m1/s1. The number of hydrogen-bond donors (Lipinski definition) is 1. The Labute approximate surface area is 102 Å². The quantitative estimate of drug-likeness (QED) is 0.849. The van der Waals surface area contributed by atoms with Crippen molar-refractivity contribution in [1.82, 2.24) is 4.90 Å². The largest absolute Gasteiger partial charge is 0.374 e. The molecule has 3 heteroatoms. The van der Waals surface area contributed by atoms with Crippen molar-refractivity contribution in [3.05, 3.63) is 35.9 Å². The summed E-state index contributed by atoms with van der Waals surface area (Å²) < 4.78 is 0. The summed E-state index contributed by atoms with van der Waals surface area (Å²) in [5, 5.41) is 9.99. The first-order chi connectivity index (χ1) is 8.09. The molecule has 1 N–H and O–H groups in total. The van der Waals surface area contributed by atoms with Crippen LogP contribution < -0.4 is 0 Å². The molecule has 0 radical (unpaired) electrons. The molecule has 0 saturated carbocycles. The van der Waals surface area contributed by atoms with E-state index < -0.39 is 6.23 Å². The summed E-state index contributed by atoms with van der Waals surface area (Å²) in [6.45, 7) is 4.46. The zero-order valence-corrected chi connectivity index (χ0v) is 10.3. The van der Waals surface area contributed by atoms with Crippen LogP contribution in [0.1, 0.15) is 25.8 Å². The second-order valence-electron chi connectivity index (χ2n) is 4.93. The van der Waals surface area contributed by atoms with Gasteiger partial charge in [0.1, 0.15) is 6.23 Å². The predicted molar refractivity (Wildman–Crippen MR) is 65.9 cm³/mol. The van der Waals surface area contributed by atoms with Crippen LogP contribution in [0.3, 0.4) is 0 Å². The molecule has 0 spiro atoms. The minimum absolute atomic E-state index is 0.00196. The molecule has 1 aliphatic heterocycles. The lowest BCUT2D eigenvalue weighted by molar-refractivity contribution is -0.157. The van der Waals surface area contributed by atoms with E-state index in [1.807, 2.05) is 44.2 Å². The number of carbonyl (C=O) groups is 1. The predicted octanol–water partition coefficient (Wildman–Crippen LogP) is 2.01. The van der Waals surface area contributed by atoms with Crippen LogP contribution in [-0.2, 0) is 11.3 Å². The molecule has 0 bridgehead atoms. The Balaban J connectivity index is 2.12. The van der Waals surface area contributed by atoms with Crippen molar-refractivity contribution in [2.24, 2.45) is 11.8 Å². The fourth-order valence-corrected chi connectivity index (χ4v) is 2.28. The number of aliphatic hydroxyl groups excluding tert-OH is 1. The van der Waals surface area contributed by atoms with Crippen LogP contribution in [0.25, 0.3) is 0 Å². The Hall–Kier alpha value is -1.35. The van der Waals surface area contributed by atoms with E-state index in [1.54, 1.807) is 4.90 Å². The van der Waals surface area contributed by atoms with E-state index in [2.05, 4.69) is 0 Å². The van der Waals surface area contributed by atoms with Gasteiger partial charge in [-0.15, -0.1) is 0 Å². The Bertz CT molecular complexity index is 390. The van der Waals surface area contributed by atoms with Crippen LogP contribution in [0.4, 0.5) is 0 Å². The topological polar surface area (TPSA) is 40.5 Å². The molecule has 0 aromatic heterocycles. The molecule has 1 aromatic carbocycles. The molecule has 1 aromatic rings. The van der Waals surface area contributed by atoms with Gasteiger partial charge in [0.15, 0.2) is 0 Å². The number of hydrogen-bond acceptors (Lipinski definition) is 2. The van der Waals surface area contributed by atoms with Gasteiger partial charge in [-0.3, -0.25) is 4.79 Å². The van der Waals surface area contributed by atoms with Crippen molar-refractivity contribution in [2.75, 3.05) is 0 Å². The van der Waals surface area contributed by atoms with Crippen LogP contribution >= 0.6 is 0 Å². The van der Waals surface area contributed by atoms with E-state index in [9.17, 15) is 9.90 Å². The SMILES string of the molecule is C[C@@H]1CC(O)N(Cc2ccccc2)C(=O)[C@H]1C. The summed E-state index contributed by atoms with van der Waals surface area (Å²) in [4.78, 5) is 13.7. The molecule has 3 atom stereocenters. The molecule has 2 rings (SSSR count). The van der Waals surface area contributed by atoms with Gasteiger partial charge in [-0.2, -0.15) is 0 Å². The van der Waals surface area contributed by atoms with Crippen LogP contribution in [0.2, 0.25) is 0 Å². The van der Waals surface area contributed by atoms with E-state index in [-0.39, 0.29) is 17.7 Å². The maximum absolute atomic E-state index is 12.1. The van der Waals surface area contributed by atoms with Gasteiger partial charge in [0, 0.05) is 12.5 Å². The number of rotatable bonds is 2. The first-order valence-electron chi connectivity index (χ1n) is 6.12. The van der Waals surface area contributed by atoms with E-state index in [0.29, 0.717) is 13.0 Å². The molecule has 92 valence electrons.